The lowest BCUT2D eigenvalue weighted by atomic mass is 9.79. The molecule has 2 heterocycles. The van der Waals surface area contributed by atoms with Gasteiger partial charge in [-0.2, -0.15) is 0 Å². The van der Waals surface area contributed by atoms with E-state index in [9.17, 15) is 14.4 Å². The minimum Gasteiger partial charge on any atom is -0.431 e. The number of ether oxygens (including phenoxy) is 1. The zero-order valence-corrected chi connectivity index (χ0v) is 19.4. The van der Waals surface area contributed by atoms with Crippen molar-refractivity contribution < 1.29 is 19.1 Å². The maximum absolute atomic E-state index is 13.1. The lowest BCUT2D eigenvalue weighted by Gasteiger charge is -2.42. The fourth-order valence-corrected chi connectivity index (χ4v) is 5.22. The molecule has 1 aliphatic carbocycles. The lowest BCUT2D eigenvalue weighted by molar-refractivity contribution is -0.129. The Labute approximate surface area is 199 Å². The topological polar surface area (TPSA) is 82.2 Å². The fourth-order valence-electron chi connectivity index (χ4n) is 5.22. The number of fused-ring (bicyclic) bond motifs is 1. The molecule has 8 heteroatoms. The molecule has 2 aliphatic heterocycles. The van der Waals surface area contributed by atoms with Crippen LogP contribution in [0.5, 0.6) is 0 Å². The van der Waals surface area contributed by atoms with Crippen LogP contribution in [-0.2, 0) is 15.1 Å². The van der Waals surface area contributed by atoms with Crippen molar-refractivity contribution in [1.82, 2.24) is 20.0 Å². The molecule has 34 heavy (non-hydrogen) atoms. The van der Waals surface area contributed by atoms with Gasteiger partial charge in [0.25, 0.3) is 0 Å². The van der Waals surface area contributed by atoms with Crippen molar-refractivity contribution in [1.29, 1.82) is 0 Å². The number of hydrogen-bond acceptors (Lipinski definition) is 4. The standard InChI is InChI=1S/C26H30N4O4/c1-19(31)29(22-12-13-22)15-14-27-24(32)28-16-17-30-23(18-28)26(34-25(30)33,20-8-4-2-5-9-20)21-10-6-3-7-11-21/h2-11,22-23H,12-18H2,1H3,(H,27,32). The van der Waals surface area contributed by atoms with E-state index in [2.05, 4.69) is 5.32 Å². The minimum atomic E-state index is -1.00. The Balaban J connectivity index is 1.36. The summed E-state index contributed by atoms with van der Waals surface area (Å²) in [7, 11) is 0. The first-order valence-corrected chi connectivity index (χ1v) is 11.9. The Kier molecular flexibility index (Phi) is 5.89. The van der Waals surface area contributed by atoms with Crippen molar-refractivity contribution in [2.45, 2.75) is 37.5 Å². The maximum atomic E-state index is 13.1. The van der Waals surface area contributed by atoms with Crippen LogP contribution in [-0.4, -0.2) is 77.5 Å². The third-order valence-corrected chi connectivity index (χ3v) is 7.05. The number of piperazine rings is 1. The van der Waals surface area contributed by atoms with Gasteiger partial charge in [0.05, 0.1) is 0 Å². The van der Waals surface area contributed by atoms with Gasteiger partial charge in [0.15, 0.2) is 5.60 Å². The molecule has 8 nitrogen and oxygen atoms in total. The molecule has 1 N–H and O–H groups in total. The van der Waals surface area contributed by atoms with Gasteiger partial charge < -0.3 is 19.9 Å². The van der Waals surface area contributed by atoms with Crippen LogP contribution in [0.1, 0.15) is 30.9 Å². The molecular formula is C26H30N4O4. The first-order valence-electron chi connectivity index (χ1n) is 11.9. The maximum Gasteiger partial charge on any atom is 0.411 e. The molecule has 4 amide bonds. The normalized spacial score (nSPS) is 21.0. The smallest absolute Gasteiger partial charge is 0.411 e. The average molecular weight is 463 g/mol. The van der Waals surface area contributed by atoms with Gasteiger partial charge in [-0.05, 0) is 12.8 Å². The monoisotopic (exact) mass is 462 g/mol. The van der Waals surface area contributed by atoms with Gasteiger partial charge in [-0.3, -0.25) is 9.69 Å². The summed E-state index contributed by atoms with van der Waals surface area (Å²) in [5.41, 5.74) is 0.757. The van der Waals surface area contributed by atoms with Crippen LogP contribution in [0.25, 0.3) is 0 Å². The van der Waals surface area contributed by atoms with Crippen molar-refractivity contribution in [3.8, 4) is 0 Å². The Morgan fingerprint density at radius 1 is 1.03 bits per heavy atom. The number of amides is 4. The average Bonchev–Trinajstić information content (AvgIpc) is 3.66. The molecule has 3 aliphatic rings. The van der Waals surface area contributed by atoms with Crippen LogP contribution in [0.3, 0.4) is 0 Å². The summed E-state index contributed by atoms with van der Waals surface area (Å²) in [4.78, 5) is 43.2. The predicted molar refractivity (Wildman–Crippen MR) is 126 cm³/mol. The van der Waals surface area contributed by atoms with E-state index < -0.39 is 5.60 Å². The van der Waals surface area contributed by atoms with E-state index in [-0.39, 0.29) is 24.1 Å². The molecule has 0 aromatic heterocycles. The Hall–Kier alpha value is -3.55. The molecule has 2 aromatic rings. The summed E-state index contributed by atoms with van der Waals surface area (Å²) >= 11 is 0. The molecule has 2 aromatic carbocycles. The van der Waals surface area contributed by atoms with E-state index >= 15 is 0 Å². The highest BCUT2D eigenvalue weighted by molar-refractivity contribution is 5.77. The number of rotatable bonds is 6. The summed E-state index contributed by atoms with van der Waals surface area (Å²) in [6.45, 7) is 3.66. The Morgan fingerprint density at radius 2 is 1.65 bits per heavy atom. The van der Waals surface area contributed by atoms with Crippen LogP contribution >= 0.6 is 0 Å². The number of benzene rings is 2. The number of nitrogens with zero attached hydrogens (tertiary/aromatic N) is 3. The van der Waals surface area contributed by atoms with Crippen LogP contribution in [0.2, 0.25) is 0 Å². The van der Waals surface area contributed by atoms with Crippen LogP contribution in [0.15, 0.2) is 60.7 Å². The lowest BCUT2D eigenvalue weighted by Crippen LogP contribution is -2.60. The van der Waals surface area contributed by atoms with Crippen molar-refractivity contribution in [2.24, 2.45) is 0 Å². The minimum absolute atomic E-state index is 0.0440. The van der Waals surface area contributed by atoms with Crippen molar-refractivity contribution >= 4 is 18.0 Å². The second-order valence-corrected chi connectivity index (χ2v) is 9.17. The number of nitrogens with one attached hydrogen (secondary N) is 1. The van der Waals surface area contributed by atoms with Gasteiger partial charge in [-0.1, -0.05) is 60.7 Å². The van der Waals surface area contributed by atoms with Crippen LogP contribution in [0.4, 0.5) is 9.59 Å². The number of cyclic esters (lactones) is 1. The second kappa shape index (κ2) is 9.00. The number of hydrogen-bond donors (Lipinski definition) is 1. The van der Waals surface area contributed by atoms with Crippen LogP contribution in [0, 0.1) is 0 Å². The number of carbonyl (C=O) groups excluding carboxylic acids is 3. The summed E-state index contributed by atoms with van der Waals surface area (Å²) in [5.74, 6) is 0.0440. The molecule has 2 saturated heterocycles. The van der Waals surface area contributed by atoms with Crippen molar-refractivity contribution in [2.75, 3.05) is 32.7 Å². The highest BCUT2D eigenvalue weighted by Gasteiger charge is 2.58. The largest absolute Gasteiger partial charge is 0.431 e. The second-order valence-electron chi connectivity index (χ2n) is 9.17. The molecule has 5 rings (SSSR count). The van der Waals surface area contributed by atoms with Gasteiger partial charge in [0.1, 0.15) is 6.04 Å². The third-order valence-electron chi connectivity index (χ3n) is 7.05. The Bertz CT molecular complexity index is 1020. The Morgan fingerprint density at radius 3 is 2.21 bits per heavy atom. The molecule has 0 radical (unpaired) electrons. The zero-order chi connectivity index (χ0) is 23.7. The summed E-state index contributed by atoms with van der Waals surface area (Å²) < 4.78 is 6.15. The zero-order valence-electron chi connectivity index (χ0n) is 19.4. The van der Waals surface area contributed by atoms with Gasteiger partial charge >= 0.3 is 12.1 Å². The van der Waals surface area contributed by atoms with Gasteiger partial charge in [-0.25, -0.2) is 9.59 Å². The van der Waals surface area contributed by atoms with Gasteiger partial charge in [0, 0.05) is 56.8 Å². The summed E-state index contributed by atoms with van der Waals surface area (Å²) in [6.07, 6.45) is 1.71. The number of urea groups is 1. The molecule has 0 bridgehead atoms. The highest BCUT2D eigenvalue weighted by Crippen LogP contribution is 2.45. The molecule has 0 spiro atoms. The first kappa shape index (κ1) is 22.3. The highest BCUT2D eigenvalue weighted by atomic mass is 16.6. The van der Waals surface area contributed by atoms with E-state index in [1.807, 2.05) is 65.6 Å². The number of carbonyl (C=O) groups is 3. The molecule has 1 unspecified atom stereocenters. The van der Waals surface area contributed by atoms with E-state index in [1.54, 1.807) is 16.7 Å². The predicted octanol–water partition coefficient (Wildman–Crippen LogP) is 2.79. The summed E-state index contributed by atoms with van der Waals surface area (Å²) in [5, 5.41) is 2.97. The SMILES string of the molecule is CC(=O)N(CCNC(=O)N1CCN2C(=O)OC(c3ccccc3)(c3ccccc3)C2C1)C1CC1. The summed E-state index contributed by atoms with van der Waals surface area (Å²) in [6, 6.07) is 19.3. The van der Waals surface area contributed by atoms with E-state index in [4.69, 9.17) is 4.74 Å². The van der Waals surface area contributed by atoms with E-state index in [0.29, 0.717) is 38.8 Å². The molecule has 3 fully saturated rings. The van der Waals surface area contributed by atoms with Crippen molar-refractivity contribution in [3.05, 3.63) is 71.8 Å². The fraction of sp³-hybridized carbons (Fsp3) is 0.423. The van der Waals surface area contributed by atoms with Gasteiger partial charge in [0.2, 0.25) is 5.91 Å². The van der Waals surface area contributed by atoms with Gasteiger partial charge in [-0.15, -0.1) is 0 Å². The van der Waals surface area contributed by atoms with E-state index in [1.165, 1.54) is 0 Å². The quantitative estimate of drug-likeness (QED) is 0.716. The molecule has 1 atom stereocenters. The van der Waals surface area contributed by atoms with Crippen LogP contribution < -0.4 is 5.32 Å². The molecular weight excluding hydrogens is 432 g/mol. The molecule has 1 saturated carbocycles. The van der Waals surface area contributed by atoms with Crippen molar-refractivity contribution in [3.63, 3.8) is 0 Å². The molecule has 178 valence electrons. The first-order chi connectivity index (χ1) is 16.5. The third kappa shape index (κ3) is 3.97. The van der Waals surface area contributed by atoms with E-state index in [0.717, 1.165) is 24.0 Å².